The molecule has 9 heteroatoms. The Morgan fingerprint density at radius 1 is 0.875 bits per heavy atom. The Kier molecular flexibility index (Phi) is 7.56. The number of amides is 4. The number of halogens is 1. The van der Waals surface area contributed by atoms with E-state index in [1.165, 1.54) is 0 Å². The molecule has 8 nitrogen and oxygen atoms in total. The van der Waals surface area contributed by atoms with Crippen LogP contribution in [0.4, 0.5) is 22.0 Å². The van der Waals surface area contributed by atoms with Gasteiger partial charge in [0.15, 0.2) is 0 Å². The van der Waals surface area contributed by atoms with E-state index >= 15 is 0 Å². The van der Waals surface area contributed by atoms with Crippen molar-refractivity contribution in [3.63, 3.8) is 0 Å². The number of para-hydroxylation sites is 1. The third-order valence-corrected chi connectivity index (χ3v) is 4.66. The molecule has 0 radical (unpaired) electrons. The summed E-state index contributed by atoms with van der Waals surface area (Å²) in [5.41, 5.74) is 1.46. The lowest BCUT2D eigenvalue weighted by Gasteiger charge is -2.14. The number of nitrogens with zero attached hydrogens (tertiary/aromatic N) is 1. The molecule has 0 bridgehead atoms. The minimum Gasteiger partial charge on any atom is -0.336 e. The van der Waals surface area contributed by atoms with E-state index in [-0.39, 0.29) is 11.9 Å². The van der Waals surface area contributed by atoms with Gasteiger partial charge >= 0.3 is 6.03 Å². The summed E-state index contributed by atoms with van der Waals surface area (Å²) >= 11 is 3.29. The Bertz CT molecular complexity index is 1130. The number of anilines is 3. The van der Waals surface area contributed by atoms with Crippen molar-refractivity contribution in [3.05, 3.63) is 82.5 Å². The standard InChI is InChI=1S/C23H22BrN5O3/c1-14(2)26-23(32)28-19-9-4-3-8-18(19)22(31)27-17-7-5-6-15(12-17)21(30)29-20-11-10-16(24)13-25-20/h3-14H,1-2H3,(H,27,31)(H,25,29,30)(H2,26,28,32). The van der Waals surface area contributed by atoms with Gasteiger partial charge in [-0.15, -0.1) is 0 Å². The lowest BCUT2D eigenvalue weighted by Crippen LogP contribution is -2.34. The summed E-state index contributed by atoms with van der Waals surface area (Å²) in [6.45, 7) is 3.68. The molecule has 3 rings (SSSR count). The van der Waals surface area contributed by atoms with E-state index in [0.29, 0.717) is 28.3 Å². The minimum atomic E-state index is -0.419. The molecule has 3 aromatic rings. The first kappa shape index (κ1) is 23.0. The van der Waals surface area contributed by atoms with Gasteiger partial charge in [0.05, 0.1) is 11.3 Å². The largest absolute Gasteiger partial charge is 0.336 e. The van der Waals surface area contributed by atoms with Gasteiger partial charge in [0.25, 0.3) is 11.8 Å². The van der Waals surface area contributed by atoms with Gasteiger partial charge in [0, 0.05) is 28.0 Å². The van der Waals surface area contributed by atoms with Crippen LogP contribution in [0.2, 0.25) is 0 Å². The number of carbonyl (C=O) groups is 3. The van der Waals surface area contributed by atoms with E-state index in [0.717, 1.165) is 4.47 Å². The van der Waals surface area contributed by atoms with E-state index in [1.54, 1.807) is 66.9 Å². The van der Waals surface area contributed by atoms with Crippen LogP contribution < -0.4 is 21.3 Å². The van der Waals surface area contributed by atoms with Crippen LogP contribution in [0.5, 0.6) is 0 Å². The topological polar surface area (TPSA) is 112 Å². The maximum absolute atomic E-state index is 12.8. The third-order valence-electron chi connectivity index (χ3n) is 4.19. The maximum atomic E-state index is 12.8. The normalized spacial score (nSPS) is 10.4. The molecule has 32 heavy (non-hydrogen) atoms. The van der Waals surface area contributed by atoms with E-state index in [4.69, 9.17) is 0 Å². The molecule has 4 amide bonds. The summed E-state index contributed by atoms with van der Waals surface area (Å²) < 4.78 is 0.802. The summed E-state index contributed by atoms with van der Waals surface area (Å²) in [4.78, 5) is 41.5. The molecule has 0 saturated carbocycles. The molecule has 0 aliphatic heterocycles. The van der Waals surface area contributed by atoms with Gasteiger partial charge in [-0.2, -0.15) is 0 Å². The summed E-state index contributed by atoms with van der Waals surface area (Å²) in [5, 5.41) is 10.9. The fourth-order valence-electron chi connectivity index (χ4n) is 2.79. The lowest BCUT2D eigenvalue weighted by atomic mass is 10.1. The molecule has 1 heterocycles. The Labute approximate surface area is 194 Å². The van der Waals surface area contributed by atoms with Crippen molar-refractivity contribution < 1.29 is 14.4 Å². The van der Waals surface area contributed by atoms with Gasteiger partial charge in [0.2, 0.25) is 0 Å². The van der Waals surface area contributed by atoms with Crippen LogP contribution in [-0.2, 0) is 0 Å². The van der Waals surface area contributed by atoms with Crippen LogP contribution in [0, 0.1) is 0 Å². The number of urea groups is 1. The van der Waals surface area contributed by atoms with Crippen molar-refractivity contribution in [2.75, 3.05) is 16.0 Å². The van der Waals surface area contributed by atoms with Gasteiger partial charge in [0.1, 0.15) is 5.82 Å². The van der Waals surface area contributed by atoms with Crippen molar-refractivity contribution in [2.24, 2.45) is 0 Å². The van der Waals surface area contributed by atoms with Crippen molar-refractivity contribution in [3.8, 4) is 0 Å². The maximum Gasteiger partial charge on any atom is 0.319 e. The van der Waals surface area contributed by atoms with Gasteiger partial charge < -0.3 is 21.3 Å². The molecular weight excluding hydrogens is 474 g/mol. The van der Waals surface area contributed by atoms with Crippen LogP contribution in [0.25, 0.3) is 0 Å². The number of carbonyl (C=O) groups excluding carboxylic acids is 3. The third kappa shape index (κ3) is 6.39. The highest BCUT2D eigenvalue weighted by Gasteiger charge is 2.15. The second-order valence-electron chi connectivity index (χ2n) is 7.15. The van der Waals surface area contributed by atoms with Crippen LogP contribution in [0.3, 0.4) is 0 Å². The molecule has 1 aromatic heterocycles. The monoisotopic (exact) mass is 495 g/mol. The van der Waals surface area contributed by atoms with Crippen molar-refractivity contribution >= 4 is 51.0 Å². The average molecular weight is 496 g/mol. The molecule has 4 N–H and O–H groups in total. The van der Waals surface area contributed by atoms with Crippen molar-refractivity contribution in [1.82, 2.24) is 10.3 Å². The van der Waals surface area contributed by atoms with Crippen LogP contribution in [0.15, 0.2) is 71.3 Å². The van der Waals surface area contributed by atoms with Crippen LogP contribution >= 0.6 is 15.9 Å². The molecule has 0 saturated heterocycles. The first-order valence-corrected chi connectivity index (χ1v) is 10.6. The predicted molar refractivity (Wildman–Crippen MR) is 128 cm³/mol. The quantitative estimate of drug-likeness (QED) is 0.390. The number of aromatic nitrogens is 1. The predicted octanol–water partition coefficient (Wildman–Crippen LogP) is 4.88. The molecule has 0 aliphatic rings. The fraction of sp³-hybridized carbons (Fsp3) is 0.130. The number of benzene rings is 2. The molecule has 164 valence electrons. The summed E-state index contributed by atoms with van der Waals surface area (Å²) in [6, 6.07) is 16.2. The Balaban J connectivity index is 1.71. The fourth-order valence-corrected chi connectivity index (χ4v) is 3.02. The summed E-state index contributed by atoms with van der Waals surface area (Å²) in [6.07, 6.45) is 1.58. The number of hydrogen-bond acceptors (Lipinski definition) is 4. The second kappa shape index (κ2) is 10.5. The number of hydrogen-bond donors (Lipinski definition) is 4. The van der Waals surface area contributed by atoms with E-state index in [1.807, 2.05) is 13.8 Å². The Hall–Kier alpha value is -3.72. The molecule has 0 spiro atoms. The Morgan fingerprint density at radius 2 is 1.66 bits per heavy atom. The highest BCUT2D eigenvalue weighted by atomic mass is 79.9. The van der Waals surface area contributed by atoms with E-state index in [9.17, 15) is 14.4 Å². The minimum absolute atomic E-state index is 0.0440. The zero-order chi connectivity index (χ0) is 23.1. The molecule has 0 aliphatic carbocycles. The number of pyridine rings is 1. The highest BCUT2D eigenvalue weighted by Crippen LogP contribution is 2.19. The molecule has 0 atom stereocenters. The van der Waals surface area contributed by atoms with E-state index in [2.05, 4.69) is 42.2 Å². The lowest BCUT2D eigenvalue weighted by molar-refractivity contribution is 0.101. The van der Waals surface area contributed by atoms with E-state index < -0.39 is 11.9 Å². The van der Waals surface area contributed by atoms with Crippen molar-refractivity contribution in [1.29, 1.82) is 0 Å². The second-order valence-corrected chi connectivity index (χ2v) is 8.07. The Morgan fingerprint density at radius 3 is 2.38 bits per heavy atom. The smallest absolute Gasteiger partial charge is 0.319 e. The zero-order valence-electron chi connectivity index (χ0n) is 17.5. The van der Waals surface area contributed by atoms with Gasteiger partial charge in [-0.3, -0.25) is 9.59 Å². The first-order valence-electron chi connectivity index (χ1n) is 9.82. The van der Waals surface area contributed by atoms with Crippen molar-refractivity contribution in [2.45, 2.75) is 19.9 Å². The van der Waals surface area contributed by atoms with Crippen LogP contribution in [0.1, 0.15) is 34.6 Å². The van der Waals surface area contributed by atoms with Gasteiger partial charge in [-0.05, 0) is 72.2 Å². The zero-order valence-corrected chi connectivity index (χ0v) is 19.1. The van der Waals surface area contributed by atoms with Gasteiger partial charge in [-0.25, -0.2) is 9.78 Å². The molecule has 0 fully saturated rings. The molecule has 2 aromatic carbocycles. The molecular formula is C23H22BrN5O3. The number of rotatable bonds is 6. The average Bonchev–Trinajstić information content (AvgIpc) is 2.75. The summed E-state index contributed by atoms with van der Waals surface area (Å²) in [7, 11) is 0. The number of nitrogens with one attached hydrogen (secondary N) is 4. The summed E-state index contributed by atoms with van der Waals surface area (Å²) in [5.74, 6) is -0.367. The molecule has 0 unspecified atom stereocenters. The first-order chi connectivity index (χ1) is 15.3. The van der Waals surface area contributed by atoms with Crippen LogP contribution in [-0.4, -0.2) is 28.9 Å². The van der Waals surface area contributed by atoms with Gasteiger partial charge in [-0.1, -0.05) is 18.2 Å². The highest BCUT2D eigenvalue weighted by molar-refractivity contribution is 9.10. The SMILES string of the molecule is CC(C)NC(=O)Nc1ccccc1C(=O)Nc1cccc(C(=O)Nc2ccc(Br)cn2)c1.